The van der Waals surface area contributed by atoms with E-state index >= 15 is 0 Å². The van der Waals surface area contributed by atoms with Gasteiger partial charge in [-0.25, -0.2) is 9.97 Å². The molecule has 0 atom stereocenters. The fourth-order valence-corrected chi connectivity index (χ4v) is 2.11. The van der Waals surface area contributed by atoms with Gasteiger partial charge in [-0.1, -0.05) is 12.1 Å². The van der Waals surface area contributed by atoms with E-state index in [1.165, 1.54) is 0 Å². The minimum atomic E-state index is 0.927. The summed E-state index contributed by atoms with van der Waals surface area (Å²) in [5, 5.41) is 1.05. The topological polar surface area (TPSA) is 41.9 Å². The molecular weight excluding hydrogens is 236 g/mol. The third kappa shape index (κ3) is 2.12. The van der Waals surface area contributed by atoms with Crippen molar-refractivity contribution in [3.8, 4) is 11.1 Å². The van der Waals surface area contributed by atoms with Gasteiger partial charge in [0.15, 0.2) is 0 Å². The number of nitrogens with zero attached hydrogens (tertiary/aromatic N) is 4. The Labute approximate surface area is 111 Å². The molecule has 3 aromatic rings. The highest BCUT2D eigenvalue weighted by Gasteiger charge is 2.07. The van der Waals surface area contributed by atoms with Crippen molar-refractivity contribution in [1.82, 2.24) is 15.0 Å². The Morgan fingerprint density at radius 3 is 2.63 bits per heavy atom. The normalized spacial score (nSPS) is 10.6. The van der Waals surface area contributed by atoms with E-state index in [4.69, 9.17) is 0 Å². The molecule has 4 nitrogen and oxygen atoms in total. The first-order chi connectivity index (χ1) is 9.25. The van der Waals surface area contributed by atoms with Crippen LogP contribution in [0.5, 0.6) is 0 Å². The van der Waals surface area contributed by atoms with E-state index < -0.39 is 0 Å². The lowest BCUT2D eigenvalue weighted by atomic mass is 10.1. The first kappa shape index (κ1) is 11.6. The molecule has 94 valence electrons. The van der Waals surface area contributed by atoms with Gasteiger partial charge in [0, 0.05) is 37.4 Å². The summed E-state index contributed by atoms with van der Waals surface area (Å²) in [4.78, 5) is 14.8. The summed E-state index contributed by atoms with van der Waals surface area (Å²) in [6.45, 7) is 0. The highest BCUT2D eigenvalue weighted by molar-refractivity contribution is 5.92. The van der Waals surface area contributed by atoms with Gasteiger partial charge >= 0.3 is 0 Å². The van der Waals surface area contributed by atoms with E-state index in [0.29, 0.717) is 0 Å². The fraction of sp³-hybridized carbons (Fsp3) is 0.133. The molecule has 0 aliphatic rings. The second-order valence-electron chi connectivity index (χ2n) is 4.57. The third-order valence-corrected chi connectivity index (χ3v) is 3.03. The van der Waals surface area contributed by atoms with Crippen molar-refractivity contribution in [2.45, 2.75) is 0 Å². The van der Waals surface area contributed by atoms with Gasteiger partial charge in [0.05, 0.1) is 5.52 Å². The lowest BCUT2D eigenvalue weighted by molar-refractivity contribution is 1.06. The number of rotatable bonds is 2. The Balaban J connectivity index is 2.22. The first-order valence-electron chi connectivity index (χ1n) is 6.08. The molecule has 0 amide bonds. The van der Waals surface area contributed by atoms with Gasteiger partial charge in [0.2, 0.25) is 0 Å². The molecule has 0 radical (unpaired) electrons. The van der Waals surface area contributed by atoms with Gasteiger partial charge in [-0.05, 0) is 23.8 Å². The number of hydrogen-bond donors (Lipinski definition) is 0. The van der Waals surface area contributed by atoms with Gasteiger partial charge < -0.3 is 4.90 Å². The van der Waals surface area contributed by atoms with Gasteiger partial charge in [-0.2, -0.15) is 0 Å². The monoisotopic (exact) mass is 250 g/mol. The van der Waals surface area contributed by atoms with E-state index in [1.807, 2.05) is 43.4 Å². The van der Waals surface area contributed by atoms with Crippen molar-refractivity contribution >= 4 is 16.7 Å². The zero-order valence-corrected chi connectivity index (χ0v) is 10.9. The van der Waals surface area contributed by atoms with Crippen molar-refractivity contribution < 1.29 is 0 Å². The van der Waals surface area contributed by atoms with Crippen LogP contribution in [0.4, 0.5) is 5.82 Å². The summed E-state index contributed by atoms with van der Waals surface area (Å²) in [5.74, 6) is 0.927. The van der Waals surface area contributed by atoms with Crippen LogP contribution in [0.15, 0.2) is 49.1 Å². The smallest absolute Gasteiger partial charge is 0.139 e. The number of pyridine rings is 1. The molecule has 0 N–H and O–H groups in total. The number of benzene rings is 1. The van der Waals surface area contributed by atoms with Crippen molar-refractivity contribution in [2.24, 2.45) is 0 Å². The van der Waals surface area contributed by atoms with Crippen LogP contribution in [0, 0.1) is 0 Å². The molecule has 0 bridgehead atoms. The summed E-state index contributed by atoms with van der Waals surface area (Å²) in [5.41, 5.74) is 3.17. The number of fused-ring (bicyclic) bond motifs is 1. The largest absolute Gasteiger partial charge is 0.362 e. The Bertz CT molecular complexity index is 708. The molecule has 0 unspecified atom stereocenters. The summed E-state index contributed by atoms with van der Waals surface area (Å²) < 4.78 is 0. The molecule has 0 saturated carbocycles. The summed E-state index contributed by atoms with van der Waals surface area (Å²) in [6, 6.07) is 10.2. The quantitative estimate of drug-likeness (QED) is 0.701. The SMILES string of the molecule is CN(C)c1ncnc2ccc(-c3cccnc3)cc12. The Hall–Kier alpha value is -2.49. The zero-order chi connectivity index (χ0) is 13.2. The maximum Gasteiger partial charge on any atom is 0.139 e. The number of aromatic nitrogens is 3. The molecule has 19 heavy (non-hydrogen) atoms. The molecule has 0 saturated heterocycles. The summed E-state index contributed by atoms with van der Waals surface area (Å²) in [6.07, 6.45) is 5.24. The molecule has 4 heteroatoms. The van der Waals surface area contributed by atoms with Crippen LogP contribution in [0.3, 0.4) is 0 Å². The summed E-state index contributed by atoms with van der Waals surface area (Å²) in [7, 11) is 3.97. The first-order valence-corrected chi connectivity index (χ1v) is 6.08. The molecule has 3 rings (SSSR count). The molecule has 0 fully saturated rings. The highest BCUT2D eigenvalue weighted by atomic mass is 15.1. The van der Waals surface area contributed by atoms with Crippen molar-refractivity contribution in [1.29, 1.82) is 0 Å². The van der Waals surface area contributed by atoms with E-state index in [0.717, 1.165) is 27.8 Å². The van der Waals surface area contributed by atoms with Crippen LogP contribution < -0.4 is 4.90 Å². The predicted octanol–water partition coefficient (Wildman–Crippen LogP) is 2.76. The number of hydrogen-bond acceptors (Lipinski definition) is 4. The van der Waals surface area contributed by atoms with Crippen LogP contribution in [0.1, 0.15) is 0 Å². The summed E-state index contributed by atoms with van der Waals surface area (Å²) >= 11 is 0. The maximum absolute atomic E-state index is 4.34. The average molecular weight is 250 g/mol. The van der Waals surface area contributed by atoms with Crippen LogP contribution >= 0.6 is 0 Å². The molecule has 1 aromatic carbocycles. The minimum Gasteiger partial charge on any atom is -0.362 e. The van der Waals surface area contributed by atoms with Crippen molar-refractivity contribution in [3.63, 3.8) is 0 Å². The van der Waals surface area contributed by atoms with E-state index in [9.17, 15) is 0 Å². The van der Waals surface area contributed by atoms with Crippen LogP contribution in [-0.2, 0) is 0 Å². The Kier molecular flexibility index (Phi) is 2.83. The second kappa shape index (κ2) is 4.65. The molecule has 0 aliphatic heterocycles. The van der Waals surface area contributed by atoms with Gasteiger partial charge in [0.25, 0.3) is 0 Å². The minimum absolute atomic E-state index is 0.927. The van der Waals surface area contributed by atoms with Gasteiger partial charge in [0.1, 0.15) is 12.1 Å². The average Bonchev–Trinajstić information content (AvgIpc) is 2.47. The van der Waals surface area contributed by atoms with Crippen molar-refractivity contribution in [2.75, 3.05) is 19.0 Å². The highest BCUT2D eigenvalue weighted by Crippen LogP contribution is 2.27. The van der Waals surface area contributed by atoms with Gasteiger partial charge in [-0.15, -0.1) is 0 Å². The van der Waals surface area contributed by atoms with Crippen molar-refractivity contribution in [3.05, 3.63) is 49.1 Å². The van der Waals surface area contributed by atoms with E-state index in [1.54, 1.807) is 12.5 Å². The number of anilines is 1. The van der Waals surface area contributed by atoms with Crippen LogP contribution in [0.25, 0.3) is 22.0 Å². The molecule has 0 aliphatic carbocycles. The second-order valence-corrected chi connectivity index (χ2v) is 4.57. The Morgan fingerprint density at radius 2 is 1.89 bits per heavy atom. The molecule has 0 spiro atoms. The predicted molar refractivity (Wildman–Crippen MR) is 77.1 cm³/mol. The van der Waals surface area contributed by atoms with Crippen LogP contribution in [0.2, 0.25) is 0 Å². The zero-order valence-electron chi connectivity index (χ0n) is 10.9. The maximum atomic E-state index is 4.34. The molecule has 2 heterocycles. The lowest BCUT2D eigenvalue weighted by Crippen LogP contribution is -2.11. The molecule has 2 aromatic heterocycles. The van der Waals surface area contributed by atoms with E-state index in [2.05, 4.69) is 27.1 Å². The lowest BCUT2D eigenvalue weighted by Gasteiger charge is -2.14. The van der Waals surface area contributed by atoms with Gasteiger partial charge in [-0.3, -0.25) is 4.98 Å². The van der Waals surface area contributed by atoms with Crippen LogP contribution in [-0.4, -0.2) is 29.0 Å². The molecular formula is C15H14N4. The van der Waals surface area contributed by atoms with E-state index in [-0.39, 0.29) is 0 Å². The standard InChI is InChI=1S/C15H14N4/c1-19(2)15-13-8-11(12-4-3-7-16-9-12)5-6-14(13)17-10-18-15/h3-10H,1-2H3. The third-order valence-electron chi connectivity index (χ3n) is 3.03. The fourth-order valence-electron chi connectivity index (χ4n) is 2.11. The Morgan fingerprint density at radius 1 is 1.00 bits per heavy atom.